The topological polar surface area (TPSA) is 30.2 Å². The lowest BCUT2D eigenvalue weighted by molar-refractivity contribution is 0.0715. The summed E-state index contributed by atoms with van der Waals surface area (Å²) < 4.78 is 4.24. The summed E-state index contributed by atoms with van der Waals surface area (Å²) in [6.45, 7) is 1.78. The van der Waals surface area contributed by atoms with Crippen molar-refractivity contribution in [2.75, 3.05) is 13.1 Å². The molecule has 0 bridgehead atoms. The van der Waals surface area contributed by atoms with Gasteiger partial charge in [0, 0.05) is 32.6 Å². The molecule has 4 nitrogen and oxygen atoms in total. The van der Waals surface area contributed by atoms with Gasteiger partial charge >= 0.3 is 0 Å². The molecule has 3 aromatic rings. The number of amides is 1. The zero-order valence-corrected chi connectivity index (χ0v) is 13.2. The Bertz CT molecular complexity index is 865. The molecule has 0 unspecified atom stereocenters. The molecule has 4 heteroatoms. The molecule has 1 saturated heterocycles. The third-order valence-electron chi connectivity index (χ3n) is 4.96. The van der Waals surface area contributed by atoms with E-state index < -0.39 is 0 Å². The highest BCUT2D eigenvalue weighted by Crippen LogP contribution is 2.30. The molecule has 0 spiro atoms. The molecule has 114 valence electrons. The van der Waals surface area contributed by atoms with Crippen LogP contribution >= 0.6 is 0 Å². The number of nitrogens with zero attached hydrogens (tertiary/aromatic N) is 3. The molecular formula is C18H21N3O. The third-order valence-corrected chi connectivity index (χ3v) is 4.96. The molecule has 0 aliphatic carbocycles. The van der Waals surface area contributed by atoms with E-state index in [0.717, 1.165) is 42.7 Å². The van der Waals surface area contributed by atoms with Gasteiger partial charge in [-0.25, -0.2) is 0 Å². The Balaban J connectivity index is 1.87. The number of para-hydroxylation sites is 1. The molecule has 3 heterocycles. The van der Waals surface area contributed by atoms with Crippen molar-refractivity contribution in [3.63, 3.8) is 0 Å². The van der Waals surface area contributed by atoms with E-state index in [1.54, 1.807) is 0 Å². The summed E-state index contributed by atoms with van der Waals surface area (Å²) in [5.41, 5.74) is 4.29. The van der Waals surface area contributed by atoms with Gasteiger partial charge < -0.3 is 14.0 Å². The Morgan fingerprint density at radius 1 is 0.955 bits per heavy atom. The lowest BCUT2D eigenvalue weighted by Gasteiger charge is -2.26. The largest absolute Gasteiger partial charge is 0.342 e. The van der Waals surface area contributed by atoms with E-state index in [-0.39, 0.29) is 5.91 Å². The normalized spacial score (nSPS) is 15.8. The van der Waals surface area contributed by atoms with E-state index in [2.05, 4.69) is 40.4 Å². The summed E-state index contributed by atoms with van der Waals surface area (Å²) in [4.78, 5) is 14.8. The van der Waals surface area contributed by atoms with Gasteiger partial charge in [0.05, 0.1) is 16.6 Å². The highest BCUT2D eigenvalue weighted by atomic mass is 16.2. The third kappa shape index (κ3) is 1.79. The fraction of sp³-hybridized carbons (Fsp3) is 0.389. The first-order valence-electron chi connectivity index (χ1n) is 8.00. The first kappa shape index (κ1) is 13.4. The van der Waals surface area contributed by atoms with E-state index in [9.17, 15) is 4.79 Å². The Morgan fingerprint density at radius 2 is 1.68 bits per heavy atom. The van der Waals surface area contributed by atoms with Crippen molar-refractivity contribution in [1.29, 1.82) is 0 Å². The highest BCUT2D eigenvalue weighted by molar-refractivity contribution is 6.10. The Kier molecular flexibility index (Phi) is 2.99. The van der Waals surface area contributed by atoms with Gasteiger partial charge in [0.15, 0.2) is 0 Å². The van der Waals surface area contributed by atoms with Crippen LogP contribution in [0.4, 0.5) is 0 Å². The Labute approximate surface area is 129 Å². The Morgan fingerprint density at radius 3 is 2.45 bits per heavy atom. The molecule has 1 aliphatic rings. The van der Waals surface area contributed by atoms with Gasteiger partial charge in [0.25, 0.3) is 5.91 Å². The number of aryl methyl sites for hydroxylation is 2. The van der Waals surface area contributed by atoms with Crippen LogP contribution in [-0.2, 0) is 14.1 Å². The van der Waals surface area contributed by atoms with Crippen molar-refractivity contribution in [1.82, 2.24) is 14.0 Å². The standard InChI is InChI=1S/C18H21N3O/c1-19-14-9-5-4-8-13(14)17-15(19)12-16(20(17)2)18(22)21-10-6-3-7-11-21/h4-5,8-9,12H,3,6-7,10-11H2,1-2H3. The molecule has 0 N–H and O–H groups in total. The number of carbonyl (C=O) groups is 1. The number of benzene rings is 1. The highest BCUT2D eigenvalue weighted by Gasteiger charge is 2.23. The number of carbonyl (C=O) groups excluding carboxylic acids is 1. The van der Waals surface area contributed by atoms with Gasteiger partial charge in [0.1, 0.15) is 5.69 Å². The second kappa shape index (κ2) is 4.90. The van der Waals surface area contributed by atoms with Gasteiger partial charge in [-0.2, -0.15) is 0 Å². The molecule has 0 atom stereocenters. The molecule has 1 fully saturated rings. The van der Waals surface area contributed by atoms with Gasteiger partial charge in [-0.05, 0) is 31.4 Å². The molecule has 22 heavy (non-hydrogen) atoms. The maximum Gasteiger partial charge on any atom is 0.270 e. The second-order valence-electron chi connectivity index (χ2n) is 6.25. The van der Waals surface area contributed by atoms with Gasteiger partial charge in [-0.15, -0.1) is 0 Å². The summed E-state index contributed by atoms with van der Waals surface area (Å²) in [5, 5.41) is 1.21. The predicted octanol–water partition coefficient (Wildman–Crippen LogP) is 3.30. The van der Waals surface area contributed by atoms with Crippen LogP contribution in [0.2, 0.25) is 0 Å². The molecule has 0 saturated carbocycles. The van der Waals surface area contributed by atoms with E-state index in [0.29, 0.717) is 0 Å². The molecule has 4 rings (SSSR count). The average molecular weight is 295 g/mol. The van der Waals surface area contributed by atoms with Gasteiger partial charge in [0.2, 0.25) is 0 Å². The average Bonchev–Trinajstić information content (AvgIpc) is 3.05. The summed E-state index contributed by atoms with van der Waals surface area (Å²) in [6.07, 6.45) is 3.49. The zero-order valence-electron chi connectivity index (χ0n) is 13.2. The van der Waals surface area contributed by atoms with Crippen LogP contribution in [0.3, 0.4) is 0 Å². The molecule has 1 amide bonds. The van der Waals surface area contributed by atoms with Gasteiger partial charge in [-0.3, -0.25) is 4.79 Å². The van der Waals surface area contributed by atoms with Crippen molar-refractivity contribution in [2.24, 2.45) is 14.1 Å². The van der Waals surface area contributed by atoms with Crippen molar-refractivity contribution in [2.45, 2.75) is 19.3 Å². The second-order valence-corrected chi connectivity index (χ2v) is 6.25. The maximum absolute atomic E-state index is 12.8. The number of piperidine rings is 1. The summed E-state index contributed by atoms with van der Waals surface area (Å²) in [7, 11) is 4.08. The quantitative estimate of drug-likeness (QED) is 0.677. The first-order valence-corrected chi connectivity index (χ1v) is 8.00. The van der Waals surface area contributed by atoms with Crippen LogP contribution in [0.15, 0.2) is 30.3 Å². The van der Waals surface area contributed by atoms with E-state index in [4.69, 9.17) is 0 Å². The smallest absolute Gasteiger partial charge is 0.270 e. The lowest BCUT2D eigenvalue weighted by Crippen LogP contribution is -2.36. The minimum Gasteiger partial charge on any atom is -0.342 e. The van der Waals surface area contributed by atoms with Crippen molar-refractivity contribution < 1.29 is 4.79 Å². The van der Waals surface area contributed by atoms with Crippen LogP contribution in [0.1, 0.15) is 29.8 Å². The molecule has 1 aromatic carbocycles. The molecule has 2 aromatic heterocycles. The van der Waals surface area contributed by atoms with Gasteiger partial charge in [-0.1, -0.05) is 18.2 Å². The minimum atomic E-state index is 0.169. The number of hydrogen-bond acceptors (Lipinski definition) is 1. The number of aromatic nitrogens is 2. The fourth-order valence-electron chi connectivity index (χ4n) is 3.72. The number of hydrogen-bond donors (Lipinski definition) is 0. The fourth-order valence-corrected chi connectivity index (χ4v) is 3.72. The minimum absolute atomic E-state index is 0.169. The van der Waals surface area contributed by atoms with Crippen LogP contribution in [0, 0.1) is 0 Å². The first-order chi connectivity index (χ1) is 10.7. The van der Waals surface area contributed by atoms with Crippen molar-refractivity contribution in [3.8, 4) is 0 Å². The zero-order chi connectivity index (χ0) is 15.3. The van der Waals surface area contributed by atoms with E-state index in [1.165, 1.54) is 17.3 Å². The molecule has 0 radical (unpaired) electrons. The predicted molar refractivity (Wildman–Crippen MR) is 89.2 cm³/mol. The van der Waals surface area contributed by atoms with Crippen LogP contribution in [0.5, 0.6) is 0 Å². The van der Waals surface area contributed by atoms with Crippen LogP contribution < -0.4 is 0 Å². The molecular weight excluding hydrogens is 274 g/mol. The molecule has 1 aliphatic heterocycles. The van der Waals surface area contributed by atoms with Crippen LogP contribution in [0.25, 0.3) is 21.9 Å². The van der Waals surface area contributed by atoms with E-state index >= 15 is 0 Å². The van der Waals surface area contributed by atoms with Crippen molar-refractivity contribution >= 4 is 27.8 Å². The van der Waals surface area contributed by atoms with E-state index in [1.807, 2.05) is 18.0 Å². The summed E-state index contributed by atoms with van der Waals surface area (Å²) >= 11 is 0. The maximum atomic E-state index is 12.8. The number of rotatable bonds is 1. The summed E-state index contributed by atoms with van der Waals surface area (Å²) in [6, 6.07) is 10.4. The SMILES string of the molecule is Cn1c(C(=O)N2CCCCC2)cc2c1c1ccccc1n2C. The summed E-state index contributed by atoms with van der Waals surface area (Å²) in [5.74, 6) is 0.169. The monoisotopic (exact) mass is 295 g/mol. The Hall–Kier alpha value is -2.23. The lowest BCUT2D eigenvalue weighted by atomic mass is 10.1. The number of fused-ring (bicyclic) bond motifs is 3. The van der Waals surface area contributed by atoms with Crippen LogP contribution in [-0.4, -0.2) is 33.0 Å². The van der Waals surface area contributed by atoms with Crippen molar-refractivity contribution in [3.05, 3.63) is 36.0 Å². The number of likely N-dealkylation sites (tertiary alicyclic amines) is 1.